The molecule has 3 atom stereocenters. The van der Waals surface area contributed by atoms with Crippen LogP contribution >= 0.6 is 0 Å². The zero-order valence-corrected chi connectivity index (χ0v) is 12.1. The summed E-state index contributed by atoms with van der Waals surface area (Å²) in [5.41, 5.74) is 0.545. The van der Waals surface area contributed by atoms with Crippen LogP contribution in [0.3, 0.4) is 0 Å². The number of hydrogen-bond donors (Lipinski definition) is 2. The molecule has 1 aliphatic carbocycles. The molecule has 2 nitrogen and oxygen atoms in total. The first-order valence-electron chi connectivity index (χ1n) is 7.29. The van der Waals surface area contributed by atoms with Gasteiger partial charge in [0.05, 0.1) is 0 Å². The van der Waals surface area contributed by atoms with Crippen LogP contribution in [0.25, 0.3) is 0 Å². The van der Waals surface area contributed by atoms with Crippen molar-refractivity contribution in [3.8, 4) is 0 Å². The highest BCUT2D eigenvalue weighted by Crippen LogP contribution is 2.38. The van der Waals surface area contributed by atoms with Crippen molar-refractivity contribution in [1.82, 2.24) is 5.32 Å². The molecule has 102 valence electrons. The van der Waals surface area contributed by atoms with Crippen LogP contribution in [0, 0.1) is 17.3 Å². The Balaban J connectivity index is 2.16. The second-order valence-corrected chi connectivity index (χ2v) is 6.87. The summed E-state index contributed by atoms with van der Waals surface area (Å²) < 4.78 is 0. The monoisotopic (exact) mass is 241 g/mol. The van der Waals surface area contributed by atoms with Gasteiger partial charge in [0.15, 0.2) is 0 Å². The van der Waals surface area contributed by atoms with Crippen LogP contribution in [0.1, 0.15) is 59.8 Å². The second kappa shape index (κ2) is 6.75. The van der Waals surface area contributed by atoms with Crippen molar-refractivity contribution in [3.63, 3.8) is 0 Å². The highest BCUT2D eigenvalue weighted by molar-refractivity contribution is 4.86. The van der Waals surface area contributed by atoms with E-state index in [1.165, 1.54) is 25.7 Å². The molecule has 0 aromatic rings. The summed E-state index contributed by atoms with van der Waals surface area (Å²) in [7, 11) is 0. The van der Waals surface area contributed by atoms with E-state index in [2.05, 4.69) is 33.0 Å². The summed E-state index contributed by atoms with van der Waals surface area (Å²) in [4.78, 5) is 0. The molecule has 0 spiro atoms. The quantitative estimate of drug-likeness (QED) is 0.700. The standard InChI is InChI=1S/C15H31NO/c1-12(11-17)6-5-9-16-14-7-8-15(3,4)10-13(14)2/h12-14,16-17H,5-11H2,1-4H3. The van der Waals surface area contributed by atoms with E-state index < -0.39 is 0 Å². The van der Waals surface area contributed by atoms with E-state index >= 15 is 0 Å². The summed E-state index contributed by atoms with van der Waals surface area (Å²) in [6, 6.07) is 0.715. The Morgan fingerprint density at radius 2 is 2.12 bits per heavy atom. The summed E-state index contributed by atoms with van der Waals surface area (Å²) in [6.45, 7) is 10.7. The lowest BCUT2D eigenvalue weighted by Gasteiger charge is -2.39. The molecule has 2 heteroatoms. The number of nitrogens with one attached hydrogen (secondary N) is 1. The fourth-order valence-electron chi connectivity index (χ4n) is 3.08. The molecule has 1 aliphatic rings. The Bertz CT molecular complexity index is 215. The Hall–Kier alpha value is -0.0800. The molecular weight excluding hydrogens is 210 g/mol. The molecule has 1 rings (SSSR count). The largest absolute Gasteiger partial charge is 0.396 e. The molecule has 2 N–H and O–H groups in total. The van der Waals surface area contributed by atoms with Crippen LogP contribution in [-0.2, 0) is 0 Å². The van der Waals surface area contributed by atoms with Gasteiger partial charge in [0.25, 0.3) is 0 Å². The SMILES string of the molecule is CC(CO)CCCNC1CCC(C)(C)CC1C. The van der Waals surface area contributed by atoms with Crippen LogP contribution in [0.5, 0.6) is 0 Å². The van der Waals surface area contributed by atoms with Gasteiger partial charge in [-0.3, -0.25) is 0 Å². The normalized spacial score (nSPS) is 30.2. The van der Waals surface area contributed by atoms with Crippen LogP contribution < -0.4 is 5.32 Å². The Labute approximate surface area is 107 Å². The van der Waals surface area contributed by atoms with Gasteiger partial charge in [-0.1, -0.05) is 27.7 Å². The summed E-state index contributed by atoms with van der Waals surface area (Å²) in [5, 5.41) is 12.7. The number of aliphatic hydroxyl groups excluding tert-OH is 1. The number of aliphatic hydroxyl groups is 1. The minimum atomic E-state index is 0.327. The predicted molar refractivity (Wildman–Crippen MR) is 74.1 cm³/mol. The minimum Gasteiger partial charge on any atom is -0.396 e. The molecule has 17 heavy (non-hydrogen) atoms. The first kappa shape index (κ1) is 15.0. The minimum absolute atomic E-state index is 0.327. The molecule has 0 amide bonds. The molecule has 3 unspecified atom stereocenters. The predicted octanol–water partition coefficient (Wildman–Crippen LogP) is 3.20. The number of rotatable bonds is 6. The molecule has 0 heterocycles. The smallest absolute Gasteiger partial charge is 0.0456 e. The van der Waals surface area contributed by atoms with Crippen molar-refractivity contribution < 1.29 is 5.11 Å². The summed E-state index contributed by atoms with van der Waals surface area (Å²) in [6.07, 6.45) is 6.34. The van der Waals surface area contributed by atoms with E-state index in [1.54, 1.807) is 0 Å². The summed E-state index contributed by atoms with van der Waals surface area (Å²) >= 11 is 0. The average molecular weight is 241 g/mol. The van der Waals surface area contributed by atoms with Crippen molar-refractivity contribution in [2.75, 3.05) is 13.2 Å². The molecule has 0 radical (unpaired) electrons. The zero-order chi connectivity index (χ0) is 12.9. The molecule has 0 saturated heterocycles. The second-order valence-electron chi connectivity index (χ2n) is 6.87. The topological polar surface area (TPSA) is 32.3 Å². The van der Waals surface area contributed by atoms with Crippen molar-refractivity contribution in [1.29, 1.82) is 0 Å². The lowest BCUT2D eigenvalue weighted by molar-refractivity contribution is 0.148. The Morgan fingerprint density at radius 1 is 1.41 bits per heavy atom. The van der Waals surface area contributed by atoms with Crippen molar-refractivity contribution >= 4 is 0 Å². The van der Waals surface area contributed by atoms with E-state index in [4.69, 9.17) is 5.11 Å². The molecule has 0 aliphatic heterocycles. The molecular formula is C15H31NO. The highest BCUT2D eigenvalue weighted by Gasteiger charge is 2.31. The van der Waals surface area contributed by atoms with Gasteiger partial charge in [-0.25, -0.2) is 0 Å². The van der Waals surface area contributed by atoms with Gasteiger partial charge in [-0.05, 0) is 55.9 Å². The lowest BCUT2D eigenvalue weighted by atomic mass is 9.70. The zero-order valence-electron chi connectivity index (χ0n) is 12.1. The van der Waals surface area contributed by atoms with Crippen LogP contribution in [0.15, 0.2) is 0 Å². The highest BCUT2D eigenvalue weighted by atomic mass is 16.3. The van der Waals surface area contributed by atoms with E-state index in [0.717, 1.165) is 18.9 Å². The third kappa shape index (κ3) is 5.39. The van der Waals surface area contributed by atoms with Crippen LogP contribution in [0.2, 0.25) is 0 Å². The van der Waals surface area contributed by atoms with E-state index in [9.17, 15) is 0 Å². The molecule has 0 aromatic heterocycles. The fraction of sp³-hybridized carbons (Fsp3) is 1.00. The molecule has 1 saturated carbocycles. The lowest BCUT2D eigenvalue weighted by Crippen LogP contribution is -2.42. The maximum absolute atomic E-state index is 8.96. The third-order valence-electron chi connectivity index (χ3n) is 4.29. The van der Waals surface area contributed by atoms with Gasteiger partial charge in [0.2, 0.25) is 0 Å². The van der Waals surface area contributed by atoms with Gasteiger partial charge < -0.3 is 10.4 Å². The van der Waals surface area contributed by atoms with Crippen LogP contribution in [-0.4, -0.2) is 24.3 Å². The third-order valence-corrected chi connectivity index (χ3v) is 4.29. The summed E-state index contributed by atoms with van der Waals surface area (Å²) in [5.74, 6) is 1.26. The van der Waals surface area contributed by atoms with E-state index in [1.807, 2.05) is 0 Å². The molecule has 0 bridgehead atoms. The van der Waals surface area contributed by atoms with E-state index in [-0.39, 0.29) is 0 Å². The molecule has 0 aromatic carbocycles. The van der Waals surface area contributed by atoms with Gasteiger partial charge in [-0.2, -0.15) is 0 Å². The first-order valence-corrected chi connectivity index (χ1v) is 7.29. The Morgan fingerprint density at radius 3 is 2.71 bits per heavy atom. The van der Waals surface area contributed by atoms with Crippen molar-refractivity contribution in [3.05, 3.63) is 0 Å². The van der Waals surface area contributed by atoms with Gasteiger partial charge >= 0.3 is 0 Å². The van der Waals surface area contributed by atoms with Crippen LogP contribution in [0.4, 0.5) is 0 Å². The average Bonchev–Trinajstić information content (AvgIpc) is 2.25. The van der Waals surface area contributed by atoms with E-state index in [0.29, 0.717) is 24.0 Å². The number of hydrogen-bond acceptors (Lipinski definition) is 2. The van der Waals surface area contributed by atoms with Gasteiger partial charge in [0.1, 0.15) is 0 Å². The van der Waals surface area contributed by atoms with Gasteiger partial charge in [0, 0.05) is 12.6 Å². The van der Waals surface area contributed by atoms with Crippen molar-refractivity contribution in [2.45, 2.75) is 65.8 Å². The Kier molecular flexibility index (Phi) is 5.94. The van der Waals surface area contributed by atoms with Crippen molar-refractivity contribution in [2.24, 2.45) is 17.3 Å². The van der Waals surface area contributed by atoms with Gasteiger partial charge in [-0.15, -0.1) is 0 Å². The maximum atomic E-state index is 8.96. The first-order chi connectivity index (χ1) is 7.94. The molecule has 1 fully saturated rings. The maximum Gasteiger partial charge on any atom is 0.0456 e. The fourth-order valence-corrected chi connectivity index (χ4v) is 3.08.